The number of rotatable bonds is 5. The molecule has 1 saturated carbocycles. The van der Waals surface area contributed by atoms with E-state index in [2.05, 4.69) is 10.3 Å². The van der Waals surface area contributed by atoms with E-state index in [9.17, 15) is 4.79 Å². The molecule has 2 aromatic rings. The molecule has 3 rings (SSSR count). The minimum Gasteiger partial charge on any atom is -0.346 e. The van der Waals surface area contributed by atoms with Gasteiger partial charge < -0.3 is 5.32 Å². The van der Waals surface area contributed by atoms with Crippen molar-refractivity contribution in [1.82, 2.24) is 10.3 Å². The van der Waals surface area contributed by atoms with Crippen LogP contribution in [0.2, 0.25) is 0 Å². The number of hydrogen-bond acceptors (Lipinski definition) is 3. The average molecular weight is 298 g/mol. The lowest BCUT2D eigenvalue weighted by molar-refractivity contribution is -0.116. The highest BCUT2D eigenvalue weighted by Gasteiger charge is 2.23. The third-order valence-electron chi connectivity index (χ3n) is 3.62. The summed E-state index contributed by atoms with van der Waals surface area (Å²) in [6.07, 6.45) is 4.18. The van der Waals surface area contributed by atoms with E-state index >= 15 is 0 Å². The number of benzene rings is 1. The molecule has 0 spiro atoms. The van der Waals surface area contributed by atoms with Crippen LogP contribution in [-0.2, 0) is 11.3 Å². The fraction of sp³-hybridized carbons (Fsp3) is 0.294. The van der Waals surface area contributed by atoms with E-state index in [4.69, 9.17) is 0 Å². The second kappa shape index (κ2) is 6.22. The zero-order chi connectivity index (χ0) is 14.7. The van der Waals surface area contributed by atoms with Gasteiger partial charge in [-0.05, 0) is 25.7 Å². The lowest BCUT2D eigenvalue weighted by atomic mass is 10.2. The van der Waals surface area contributed by atoms with Crippen molar-refractivity contribution in [3.8, 4) is 11.3 Å². The third kappa shape index (κ3) is 3.79. The first kappa shape index (κ1) is 14.0. The summed E-state index contributed by atoms with van der Waals surface area (Å²) < 4.78 is 0. The van der Waals surface area contributed by atoms with Gasteiger partial charge in [-0.1, -0.05) is 35.9 Å². The van der Waals surface area contributed by atoms with Crippen molar-refractivity contribution in [2.24, 2.45) is 5.92 Å². The van der Waals surface area contributed by atoms with E-state index in [1.807, 2.05) is 42.6 Å². The minimum atomic E-state index is -0.0177. The first-order chi connectivity index (χ1) is 10.2. The van der Waals surface area contributed by atoms with Crippen molar-refractivity contribution in [2.75, 3.05) is 0 Å². The number of carbonyl (C=O) groups excluding carboxylic acids is 1. The summed E-state index contributed by atoms with van der Waals surface area (Å²) in [5.41, 5.74) is 3.27. The number of nitrogens with one attached hydrogen (secondary N) is 1. The largest absolute Gasteiger partial charge is 0.346 e. The van der Waals surface area contributed by atoms with Crippen molar-refractivity contribution in [2.45, 2.75) is 26.3 Å². The van der Waals surface area contributed by atoms with Gasteiger partial charge in [-0.15, -0.1) is 11.3 Å². The molecule has 1 N–H and O–H groups in total. The van der Waals surface area contributed by atoms with E-state index in [1.165, 1.54) is 18.4 Å². The maximum Gasteiger partial charge on any atom is 0.244 e. The van der Waals surface area contributed by atoms with Crippen LogP contribution >= 0.6 is 11.3 Å². The van der Waals surface area contributed by atoms with Crippen LogP contribution in [0, 0.1) is 5.92 Å². The van der Waals surface area contributed by atoms with Gasteiger partial charge in [0, 0.05) is 17.0 Å². The fourth-order valence-electron chi connectivity index (χ4n) is 2.21. The van der Waals surface area contributed by atoms with Gasteiger partial charge in [0.2, 0.25) is 5.91 Å². The van der Waals surface area contributed by atoms with Gasteiger partial charge in [0.1, 0.15) is 5.01 Å². The SMILES string of the molecule is C/C(=C\C(=O)NCc1nc(-c2ccccc2)cs1)C1CC1. The Labute approximate surface area is 128 Å². The molecule has 1 aromatic carbocycles. The summed E-state index contributed by atoms with van der Waals surface area (Å²) in [6.45, 7) is 2.53. The lowest BCUT2D eigenvalue weighted by Gasteiger charge is -2.00. The predicted octanol–water partition coefficient (Wildman–Crippen LogP) is 3.78. The summed E-state index contributed by atoms with van der Waals surface area (Å²) in [5, 5.41) is 5.87. The average Bonchev–Trinajstić information content (AvgIpc) is 3.25. The third-order valence-corrected chi connectivity index (χ3v) is 4.46. The molecule has 1 aliphatic carbocycles. The van der Waals surface area contributed by atoms with Crippen LogP contribution < -0.4 is 5.32 Å². The summed E-state index contributed by atoms with van der Waals surface area (Å²) in [4.78, 5) is 16.4. The van der Waals surface area contributed by atoms with Gasteiger partial charge in [-0.25, -0.2) is 4.98 Å². The molecule has 1 fully saturated rings. The van der Waals surface area contributed by atoms with Crippen LogP contribution in [0.3, 0.4) is 0 Å². The van der Waals surface area contributed by atoms with Gasteiger partial charge >= 0.3 is 0 Å². The van der Waals surface area contributed by atoms with E-state index in [-0.39, 0.29) is 5.91 Å². The van der Waals surface area contributed by atoms with Gasteiger partial charge in [0.15, 0.2) is 0 Å². The van der Waals surface area contributed by atoms with Crippen molar-refractivity contribution in [3.63, 3.8) is 0 Å². The zero-order valence-electron chi connectivity index (χ0n) is 12.0. The van der Waals surface area contributed by atoms with Crippen molar-refractivity contribution < 1.29 is 4.79 Å². The molecule has 21 heavy (non-hydrogen) atoms. The fourth-order valence-corrected chi connectivity index (χ4v) is 2.95. The Morgan fingerprint density at radius 3 is 2.86 bits per heavy atom. The maximum absolute atomic E-state index is 11.8. The number of amides is 1. The van der Waals surface area contributed by atoms with Gasteiger partial charge in [0.05, 0.1) is 12.2 Å². The molecule has 1 heterocycles. The molecule has 0 atom stereocenters. The molecular weight excluding hydrogens is 280 g/mol. The topological polar surface area (TPSA) is 42.0 Å². The number of aromatic nitrogens is 1. The van der Waals surface area contributed by atoms with E-state index in [1.54, 1.807) is 17.4 Å². The Hall–Kier alpha value is -1.94. The van der Waals surface area contributed by atoms with E-state index < -0.39 is 0 Å². The molecule has 4 heteroatoms. The number of thiazole rings is 1. The smallest absolute Gasteiger partial charge is 0.244 e. The molecule has 108 valence electrons. The minimum absolute atomic E-state index is 0.0177. The molecule has 1 aliphatic rings. The Kier molecular flexibility index (Phi) is 4.15. The van der Waals surface area contributed by atoms with Gasteiger partial charge in [-0.2, -0.15) is 0 Å². The number of carbonyl (C=O) groups is 1. The molecule has 0 radical (unpaired) electrons. The first-order valence-electron chi connectivity index (χ1n) is 7.18. The summed E-state index contributed by atoms with van der Waals surface area (Å²) >= 11 is 1.58. The van der Waals surface area contributed by atoms with Crippen LogP contribution in [0.25, 0.3) is 11.3 Å². The van der Waals surface area contributed by atoms with Crippen LogP contribution in [-0.4, -0.2) is 10.9 Å². The standard InChI is InChI=1S/C17H18N2OS/c1-12(13-7-8-13)9-16(20)18-10-17-19-15(11-21-17)14-5-3-2-4-6-14/h2-6,9,11,13H,7-8,10H2,1H3,(H,18,20)/b12-9+. The predicted molar refractivity (Wildman–Crippen MR) is 85.9 cm³/mol. The Morgan fingerprint density at radius 2 is 2.14 bits per heavy atom. The maximum atomic E-state index is 11.8. The number of allylic oxidation sites excluding steroid dienone is 1. The molecule has 1 aromatic heterocycles. The van der Waals surface area contributed by atoms with Crippen molar-refractivity contribution in [1.29, 1.82) is 0 Å². The van der Waals surface area contributed by atoms with Gasteiger partial charge in [0.25, 0.3) is 0 Å². The Morgan fingerprint density at radius 1 is 1.38 bits per heavy atom. The molecule has 0 aliphatic heterocycles. The second-order valence-corrected chi connectivity index (χ2v) is 6.32. The number of hydrogen-bond donors (Lipinski definition) is 1. The molecular formula is C17H18N2OS. The molecule has 3 nitrogen and oxygen atoms in total. The Bertz CT molecular complexity index is 656. The quantitative estimate of drug-likeness (QED) is 0.853. The van der Waals surface area contributed by atoms with Crippen molar-refractivity contribution >= 4 is 17.2 Å². The second-order valence-electron chi connectivity index (χ2n) is 5.37. The highest BCUT2D eigenvalue weighted by molar-refractivity contribution is 7.09. The normalized spacial score (nSPS) is 15.0. The molecule has 0 unspecified atom stereocenters. The van der Waals surface area contributed by atoms with Crippen LogP contribution in [0.1, 0.15) is 24.8 Å². The summed E-state index contributed by atoms with van der Waals surface area (Å²) in [5.74, 6) is 0.621. The van der Waals surface area contributed by atoms with Crippen molar-refractivity contribution in [3.05, 3.63) is 52.4 Å². The van der Waals surface area contributed by atoms with Crippen LogP contribution in [0.15, 0.2) is 47.4 Å². The monoisotopic (exact) mass is 298 g/mol. The van der Waals surface area contributed by atoms with E-state index in [0.717, 1.165) is 16.3 Å². The van der Waals surface area contributed by atoms with Crippen LogP contribution in [0.5, 0.6) is 0 Å². The number of nitrogens with zero attached hydrogens (tertiary/aromatic N) is 1. The first-order valence-corrected chi connectivity index (χ1v) is 8.06. The lowest BCUT2D eigenvalue weighted by Crippen LogP contribution is -2.20. The molecule has 1 amide bonds. The Balaban J connectivity index is 1.57. The van der Waals surface area contributed by atoms with Gasteiger partial charge in [-0.3, -0.25) is 4.79 Å². The summed E-state index contributed by atoms with van der Waals surface area (Å²) in [7, 11) is 0. The highest BCUT2D eigenvalue weighted by Crippen LogP contribution is 2.35. The summed E-state index contributed by atoms with van der Waals surface area (Å²) in [6, 6.07) is 10.1. The highest BCUT2D eigenvalue weighted by atomic mass is 32.1. The molecule has 0 bridgehead atoms. The van der Waals surface area contributed by atoms with E-state index in [0.29, 0.717) is 12.5 Å². The zero-order valence-corrected chi connectivity index (χ0v) is 12.8. The molecule has 0 saturated heterocycles. The van der Waals surface area contributed by atoms with Crippen LogP contribution in [0.4, 0.5) is 0 Å².